The van der Waals surface area contributed by atoms with Crippen molar-refractivity contribution in [3.05, 3.63) is 59.2 Å². The molecule has 1 N–H and O–H groups in total. The third kappa shape index (κ3) is 7.48. The summed E-state index contributed by atoms with van der Waals surface area (Å²) in [5.74, 6) is 1.25. The van der Waals surface area contributed by atoms with Crippen molar-refractivity contribution in [2.24, 2.45) is 0 Å². The van der Waals surface area contributed by atoms with Gasteiger partial charge in [0.1, 0.15) is 6.04 Å². The summed E-state index contributed by atoms with van der Waals surface area (Å²) in [5.41, 5.74) is 3.17. The summed E-state index contributed by atoms with van der Waals surface area (Å²) in [6.45, 7) is 4.44. The molecule has 1 atom stereocenters. The Balaban J connectivity index is 1.76. The predicted molar refractivity (Wildman–Crippen MR) is 139 cm³/mol. The van der Waals surface area contributed by atoms with Crippen molar-refractivity contribution >= 4 is 11.8 Å². The standard InChI is InChI=1S/C29H40N2O4/c1-5-25(29(33)30-24-12-7-6-8-13-24)31(20-23-11-9-10-21(2)18-23)28(32)17-15-22-14-16-26(34-3)27(19-22)35-4/h9-11,14,16,18-19,24-25H,5-8,12-13,15,17,20H2,1-4H3,(H,30,33)/t25-/m0/s1. The quantitative estimate of drug-likeness (QED) is 0.480. The molecule has 0 heterocycles. The van der Waals surface area contributed by atoms with Crippen LogP contribution in [0.1, 0.15) is 68.6 Å². The van der Waals surface area contributed by atoms with Crippen molar-refractivity contribution < 1.29 is 19.1 Å². The van der Waals surface area contributed by atoms with Gasteiger partial charge in [0.25, 0.3) is 0 Å². The zero-order valence-corrected chi connectivity index (χ0v) is 21.6. The highest BCUT2D eigenvalue weighted by Crippen LogP contribution is 2.28. The summed E-state index contributed by atoms with van der Waals surface area (Å²) in [4.78, 5) is 28.7. The fourth-order valence-corrected chi connectivity index (χ4v) is 4.90. The first-order valence-electron chi connectivity index (χ1n) is 12.8. The molecule has 0 aromatic heterocycles. The van der Waals surface area contributed by atoms with Crippen molar-refractivity contribution in [2.45, 2.75) is 83.8 Å². The van der Waals surface area contributed by atoms with Crippen LogP contribution in [0.15, 0.2) is 42.5 Å². The highest BCUT2D eigenvalue weighted by molar-refractivity contribution is 5.88. The molecule has 2 aromatic carbocycles. The smallest absolute Gasteiger partial charge is 0.243 e. The molecule has 1 fully saturated rings. The van der Waals surface area contributed by atoms with Crippen LogP contribution in [0.5, 0.6) is 11.5 Å². The van der Waals surface area contributed by atoms with Gasteiger partial charge in [-0.25, -0.2) is 0 Å². The Labute approximate surface area is 210 Å². The molecule has 3 rings (SSSR count). The lowest BCUT2D eigenvalue weighted by Gasteiger charge is -2.33. The number of aryl methyl sites for hydroxylation is 2. The van der Waals surface area contributed by atoms with Crippen LogP contribution in [0.4, 0.5) is 0 Å². The van der Waals surface area contributed by atoms with Gasteiger partial charge >= 0.3 is 0 Å². The van der Waals surface area contributed by atoms with E-state index in [-0.39, 0.29) is 17.9 Å². The van der Waals surface area contributed by atoms with Gasteiger partial charge in [0, 0.05) is 19.0 Å². The Morgan fingerprint density at radius 2 is 1.74 bits per heavy atom. The van der Waals surface area contributed by atoms with Crippen LogP contribution < -0.4 is 14.8 Å². The summed E-state index contributed by atoms with van der Waals surface area (Å²) >= 11 is 0. The average Bonchev–Trinajstić information content (AvgIpc) is 2.87. The van der Waals surface area contributed by atoms with E-state index in [1.165, 1.54) is 6.42 Å². The minimum Gasteiger partial charge on any atom is -0.493 e. The third-order valence-corrected chi connectivity index (χ3v) is 6.85. The van der Waals surface area contributed by atoms with Crippen molar-refractivity contribution in [1.82, 2.24) is 10.2 Å². The van der Waals surface area contributed by atoms with Crippen LogP contribution in [0.3, 0.4) is 0 Å². The van der Waals surface area contributed by atoms with Gasteiger partial charge in [-0.3, -0.25) is 9.59 Å². The number of benzene rings is 2. The first kappa shape index (κ1) is 26.6. The number of amides is 2. The van der Waals surface area contributed by atoms with Crippen LogP contribution in [0, 0.1) is 6.92 Å². The lowest BCUT2D eigenvalue weighted by Crippen LogP contribution is -2.51. The van der Waals surface area contributed by atoms with E-state index in [4.69, 9.17) is 9.47 Å². The maximum absolute atomic E-state index is 13.6. The van der Waals surface area contributed by atoms with Crippen LogP contribution in [0.25, 0.3) is 0 Å². The molecule has 0 radical (unpaired) electrons. The van der Waals surface area contributed by atoms with Crippen LogP contribution >= 0.6 is 0 Å². The molecule has 1 aliphatic carbocycles. The molecule has 0 unspecified atom stereocenters. The van der Waals surface area contributed by atoms with Crippen molar-refractivity contribution in [2.75, 3.05) is 14.2 Å². The second kappa shape index (κ2) is 13.2. The van der Waals surface area contributed by atoms with Crippen LogP contribution in [-0.2, 0) is 22.6 Å². The summed E-state index contributed by atoms with van der Waals surface area (Å²) in [6.07, 6.45) is 7.03. The number of hydrogen-bond donors (Lipinski definition) is 1. The monoisotopic (exact) mass is 480 g/mol. The first-order valence-corrected chi connectivity index (χ1v) is 12.8. The number of carbonyl (C=O) groups is 2. The molecule has 1 aliphatic rings. The minimum absolute atomic E-state index is 0.0214. The van der Waals surface area contributed by atoms with Crippen molar-refractivity contribution in [3.63, 3.8) is 0 Å². The van der Waals surface area contributed by atoms with E-state index in [2.05, 4.69) is 11.4 Å². The topological polar surface area (TPSA) is 67.9 Å². The lowest BCUT2D eigenvalue weighted by atomic mass is 9.95. The minimum atomic E-state index is -0.490. The SMILES string of the molecule is CC[C@@H](C(=O)NC1CCCCC1)N(Cc1cccc(C)c1)C(=O)CCc1ccc(OC)c(OC)c1. The van der Waals surface area contributed by atoms with E-state index in [1.54, 1.807) is 19.1 Å². The molecular weight excluding hydrogens is 440 g/mol. The number of rotatable bonds is 11. The number of nitrogens with zero attached hydrogens (tertiary/aromatic N) is 1. The molecule has 6 nitrogen and oxygen atoms in total. The van der Waals surface area contributed by atoms with Crippen molar-refractivity contribution in [1.29, 1.82) is 0 Å². The molecule has 0 aliphatic heterocycles. The van der Waals surface area contributed by atoms with Gasteiger partial charge < -0.3 is 19.7 Å². The molecule has 2 amide bonds. The summed E-state index contributed by atoms with van der Waals surface area (Å²) in [6, 6.07) is 13.6. The average molecular weight is 481 g/mol. The van der Waals surface area contributed by atoms with E-state index in [0.717, 1.165) is 42.4 Å². The maximum atomic E-state index is 13.6. The van der Waals surface area contributed by atoms with E-state index < -0.39 is 6.04 Å². The molecule has 190 valence electrons. The Bertz CT molecular complexity index is 984. The normalized spacial score (nSPS) is 14.7. The molecule has 0 spiro atoms. The molecule has 0 bridgehead atoms. The van der Waals surface area contributed by atoms with E-state index >= 15 is 0 Å². The Morgan fingerprint density at radius 3 is 2.40 bits per heavy atom. The fraction of sp³-hybridized carbons (Fsp3) is 0.517. The summed E-state index contributed by atoms with van der Waals surface area (Å²) in [5, 5.41) is 3.24. The van der Waals surface area contributed by atoms with E-state index in [1.807, 2.05) is 50.2 Å². The van der Waals surface area contributed by atoms with E-state index in [0.29, 0.717) is 37.3 Å². The Kier molecular flexibility index (Phi) is 10.0. The number of nitrogens with one attached hydrogen (secondary N) is 1. The Hall–Kier alpha value is -3.02. The van der Waals surface area contributed by atoms with Gasteiger partial charge in [0.15, 0.2) is 11.5 Å². The second-order valence-electron chi connectivity index (χ2n) is 9.47. The number of ether oxygens (including phenoxy) is 2. The van der Waals surface area contributed by atoms with Gasteiger partial charge in [0.05, 0.1) is 14.2 Å². The zero-order chi connectivity index (χ0) is 25.2. The molecule has 6 heteroatoms. The van der Waals surface area contributed by atoms with Crippen LogP contribution in [0.2, 0.25) is 0 Å². The molecule has 0 saturated heterocycles. The van der Waals surface area contributed by atoms with Gasteiger partial charge in [-0.05, 0) is 55.9 Å². The number of carbonyl (C=O) groups excluding carboxylic acids is 2. The molecule has 2 aromatic rings. The highest BCUT2D eigenvalue weighted by atomic mass is 16.5. The van der Waals surface area contributed by atoms with E-state index in [9.17, 15) is 9.59 Å². The molecule has 35 heavy (non-hydrogen) atoms. The zero-order valence-electron chi connectivity index (χ0n) is 21.6. The van der Waals surface area contributed by atoms with Crippen LogP contribution in [-0.4, -0.2) is 43.0 Å². The third-order valence-electron chi connectivity index (χ3n) is 6.85. The van der Waals surface area contributed by atoms with Gasteiger partial charge in [-0.2, -0.15) is 0 Å². The number of methoxy groups -OCH3 is 2. The lowest BCUT2D eigenvalue weighted by molar-refractivity contribution is -0.141. The molecule has 1 saturated carbocycles. The second-order valence-corrected chi connectivity index (χ2v) is 9.47. The largest absolute Gasteiger partial charge is 0.493 e. The first-order chi connectivity index (χ1) is 16.9. The van der Waals surface area contributed by atoms with Gasteiger partial charge in [0.2, 0.25) is 11.8 Å². The fourth-order valence-electron chi connectivity index (χ4n) is 4.90. The van der Waals surface area contributed by atoms with Gasteiger partial charge in [-0.15, -0.1) is 0 Å². The van der Waals surface area contributed by atoms with Crippen molar-refractivity contribution in [3.8, 4) is 11.5 Å². The summed E-state index contributed by atoms with van der Waals surface area (Å²) < 4.78 is 10.7. The molecular formula is C29H40N2O4. The maximum Gasteiger partial charge on any atom is 0.243 e. The Morgan fingerprint density at radius 1 is 1.00 bits per heavy atom. The number of hydrogen-bond acceptors (Lipinski definition) is 4. The van der Waals surface area contributed by atoms with Gasteiger partial charge in [-0.1, -0.05) is 62.1 Å². The predicted octanol–water partition coefficient (Wildman–Crippen LogP) is 5.20. The summed E-state index contributed by atoms with van der Waals surface area (Å²) in [7, 11) is 3.21. The highest BCUT2D eigenvalue weighted by Gasteiger charge is 2.30.